The molecule has 0 aliphatic rings. The predicted molar refractivity (Wildman–Crippen MR) is 145 cm³/mol. The fraction of sp³-hybridized carbons (Fsp3) is 0.148. The number of rotatable bonds is 7. The first-order chi connectivity index (χ1) is 17.2. The van der Waals surface area contributed by atoms with E-state index in [0.717, 1.165) is 5.56 Å². The highest BCUT2D eigenvalue weighted by Gasteiger charge is 2.24. The van der Waals surface area contributed by atoms with Gasteiger partial charge in [0.2, 0.25) is 5.91 Å². The molecule has 6 nitrogen and oxygen atoms in total. The van der Waals surface area contributed by atoms with Gasteiger partial charge in [-0.2, -0.15) is 5.10 Å². The van der Waals surface area contributed by atoms with Gasteiger partial charge in [0.25, 0.3) is 5.91 Å². The van der Waals surface area contributed by atoms with E-state index in [1.54, 1.807) is 28.9 Å². The van der Waals surface area contributed by atoms with Crippen LogP contribution in [-0.4, -0.2) is 39.1 Å². The Balaban J connectivity index is 1.63. The van der Waals surface area contributed by atoms with Gasteiger partial charge in [-0.05, 0) is 44.2 Å². The minimum atomic E-state index is -0.394. The molecule has 184 valence electrons. The fourth-order valence-electron chi connectivity index (χ4n) is 3.67. The molecule has 0 atom stereocenters. The maximum Gasteiger partial charge on any atom is 0.256 e. The van der Waals surface area contributed by atoms with Gasteiger partial charge in [-0.15, -0.1) is 0 Å². The minimum Gasteiger partial charge on any atom is -0.327 e. The number of benzene rings is 3. The molecule has 9 heteroatoms. The molecule has 3 aromatic carbocycles. The van der Waals surface area contributed by atoms with E-state index >= 15 is 0 Å². The first kappa shape index (κ1) is 25.8. The molecule has 0 unspecified atom stereocenters. The van der Waals surface area contributed by atoms with E-state index in [-0.39, 0.29) is 29.1 Å². The average molecular weight is 542 g/mol. The van der Waals surface area contributed by atoms with E-state index in [9.17, 15) is 9.59 Å². The zero-order valence-corrected chi connectivity index (χ0v) is 21.8. The molecule has 0 aliphatic heterocycles. The lowest BCUT2D eigenvalue weighted by Gasteiger charge is -2.26. The van der Waals surface area contributed by atoms with Gasteiger partial charge in [-0.3, -0.25) is 9.59 Å². The van der Waals surface area contributed by atoms with Crippen molar-refractivity contribution in [3.05, 3.63) is 99.5 Å². The third kappa shape index (κ3) is 5.73. The number of carbonyl (C=O) groups is 2. The summed E-state index contributed by atoms with van der Waals surface area (Å²) in [4.78, 5) is 27.8. The van der Waals surface area contributed by atoms with Crippen molar-refractivity contribution in [3.8, 4) is 16.9 Å². The third-order valence-corrected chi connectivity index (χ3v) is 6.35. The predicted octanol–water partition coefficient (Wildman–Crippen LogP) is 6.99. The number of carbonyl (C=O) groups excluding carboxylic acids is 2. The molecule has 1 N–H and O–H groups in total. The average Bonchev–Trinajstić information content (AvgIpc) is 3.26. The molecule has 0 spiro atoms. The van der Waals surface area contributed by atoms with Crippen LogP contribution in [0.1, 0.15) is 24.2 Å². The third-order valence-electron chi connectivity index (χ3n) is 5.49. The van der Waals surface area contributed by atoms with Crippen molar-refractivity contribution in [2.24, 2.45) is 0 Å². The Labute approximate surface area is 224 Å². The summed E-state index contributed by atoms with van der Waals surface area (Å²) in [5, 5.41) is 8.71. The summed E-state index contributed by atoms with van der Waals surface area (Å²) in [5.74, 6) is -0.339. The monoisotopic (exact) mass is 540 g/mol. The van der Waals surface area contributed by atoms with E-state index in [1.165, 1.54) is 11.0 Å². The van der Waals surface area contributed by atoms with Crippen LogP contribution in [0.2, 0.25) is 15.1 Å². The van der Waals surface area contributed by atoms with Crippen molar-refractivity contribution >= 4 is 52.4 Å². The second-order valence-corrected chi connectivity index (χ2v) is 9.59. The molecule has 0 radical (unpaired) electrons. The lowest BCUT2D eigenvalue weighted by molar-refractivity contribution is -0.117. The second-order valence-electron chi connectivity index (χ2n) is 8.34. The summed E-state index contributed by atoms with van der Waals surface area (Å²) in [6.07, 6.45) is 0. The SMILES string of the molecule is CC(C)N(CC(=O)Nc1cc(-c2ccccc2)nn1-c1ccccc1Cl)C(=O)c1ccc(Cl)cc1Cl. The Kier molecular flexibility index (Phi) is 7.99. The highest BCUT2D eigenvalue weighted by molar-refractivity contribution is 6.36. The van der Waals surface area contributed by atoms with Crippen LogP contribution in [0.15, 0.2) is 78.9 Å². The molecule has 0 fully saturated rings. The smallest absolute Gasteiger partial charge is 0.256 e. The van der Waals surface area contributed by atoms with Gasteiger partial charge < -0.3 is 10.2 Å². The number of anilines is 1. The van der Waals surface area contributed by atoms with Crippen molar-refractivity contribution in [1.82, 2.24) is 14.7 Å². The number of hydrogen-bond donors (Lipinski definition) is 1. The Hall–Kier alpha value is -3.32. The van der Waals surface area contributed by atoms with Crippen molar-refractivity contribution in [1.29, 1.82) is 0 Å². The number of halogens is 3. The number of amides is 2. The maximum atomic E-state index is 13.2. The molecule has 4 rings (SSSR count). The van der Waals surface area contributed by atoms with Gasteiger partial charge in [0.15, 0.2) is 0 Å². The molecule has 1 aromatic heterocycles. The van der Waals surface area contributed by atoms with Crippen LogP contribution in [0.25, 0.3) is 16.9 Å². The summed E-state index contributed by atoms with van der Waals surface area (Å²) in [6.45, 7) is 3.47. The van der Waals surface area contributed by atoms with Crippen molar-refractivity contribution in [2.45, 2.75) is 19.9 Å². The molecule has 0 saturated heterocycles. The standard InChI is InChI=1S/C27H23Cl3N4O2/c1-17(2)33(27(36)20-13-12-19(28)14-22(20)30)16-26(35)31-25-15-23(18-8-4-3-5-9-18)32-34(25)24-11-7-6-10-21(24)29/h3-15,17H,16H2,1-2H3,(H,31,35). The fourth-order valence-corrected chi connectivity index (χ4v) is 4.38. The van der Waals surface area contributed by atoms with Crippen LogP contribution >= 0.6 is 34.8 Å². The molecular formula is C27H23Cl3N4O2. The number of aromatic nitrogens is 2. The van der Waals surface area contributed by atoms with E-state index in [4.69, 9.17) is 34.8 Å². The van der Waals surface area contributed by atoms with Crippen LogP contribution in [0.5, 0.6) is 0 Å². The van der Waals surface area contributed by atoms with Crippen LogP contribution in [0.3, 0.4) is 0 Å². The number of hydrogen-bond acceptors (Lipinski definition) is 3. The van der Waals surface area contributed by atoms with Gasteiger partial charge in [0.1, 0.15) is 12.4 Å². The maximum absolute atomic E-state index is 13.2. The quantitative estimate of drug-likeness (QED) is 0.274. The van der Waals surface area contributed by atoms with E-state index in [1.807, 2.05) is 62.4 Å². The van der Waals surface area contributed by atoms with Crippen LogP contribution in [0, 0.1) is 0 Å². The Bertz CT molecular complexity index is 1400. The lowest BCUT2D eigenvalue weighted by Crippen LogP contribution is -2.42. The number of nitrogens with zero attached hydrogens (tertiary/aromatic N) is 3. The summed E-state index contributed by atoms with van der Waals surface area (Å²) in [5.41, 5.74) is 2.43. The summed E-state index contributed by atoms with van der Waals surface area (Å²) in [7, 11) is 0. The van der Waals surface area contributed by atoms with Crippen molar-refractivity contribution in [2.75, 3.05) is 11.9 Å². The highest BCUT2D eigenvalue weighted by atomic mass is 35.5. The summed E-state index contributed by atoms with van der Waals surface area (Å²) in [6, 6.07) is 23.0. The molecule has 0 bridgehead atoms. The van der Waals surface area contributed by atoms with Crippen molar-refractivity contribution < 1.29 is 9.59 Å². The molecule has 0 aliphatic carbocycles. The van der Waals surface area contributed by atoms with Gasteiger partial charge in [-0.25, -0.2) is 4.68 Å². The largest absolute Gasteiger partial charge is 0.327 e. The Morgan fingerprint density at radius 3 is 2.28 bits per heavy atom. The molecule has 4 aromatic rings. The normalized spacial score (nSPS) is 10.9. The Morgan fingerprint density at radius 1 is 0.917 bits per heavy atom. The summed E-state index contributed by atoms with van der Waals surface area (Å²) < 4.78 is 1.58. The molecule has 0 saturated carbocycles. The van der Waals surface area contributed by atoms with Gasteiger partial charge in [0.05, 0.1) is 27.0 Å². The van der Waals surface area contributed by atoms with Crippen LogP contribution in [0.4, 0.5) is 5.82 Å². The van der Waals surface area contributed by atoms with Gasteiger partial charge >= 0.3 is 0 Å². The van der Waals surface area contributed by atoms with E-state index in [2.05, 4.69) is 10.4 Å². The van der Waals surface area contributed by atoms with E-state index in [0.29, 0.717) is 27.2 Å². The lowest BCUT2D eigenvalue weighted by atomic mass is 10.1. The number of para-hydroxylation sites is 1. The molecule has 2 amide bonds. The highest BCUT2D eigenvalue weighted by Crippen LogP contribution is 2.28. The zero-order valence-electron chi connectivity index (χ0n) is 19.6. The first-order valence-corrected chi connectivity index (χ1v) is 12.3. The molecular weight excluding hydrogens is 519 g/mol. The van der Waals surface area contributed by atoms with Gasteiger partial charge in [-0.1, -0.05) is 77.3 Å². The zero-order chi connectivity index (χ0) is 25.8. The van der Waals surface area contributed by atoms with Gasteiger partial charge in [0, 0.05) is 22.7 Å². The first-order valence-electron chi connectivity index (χ1n) is 11.2. The molecule has 1 heterocycles. The van der Waals surface area contributed by atoms with Crippen LogP contribution < -0.4 is 5.32 Å². The number of nitrogens with one attached hydrogen (secondary N) is 1. The Morgan fingerprint density at radius 2 is 1.61 bits per heavy atom. The topological polar surface area (TPSA) is 67.2 Å². The van der Waals surface area contributed by atoms with Crippen molar-refractivity contribution in [3.63, 3.8) is 0 Å². The summed E-state index contributed by atoms with van der Waals surface area (Å²) >= 11 is 18.7. The minimum absolute atomic E-state index is 0.191. The molecule has 36 heavy (non-hydrogen) atoms. The van der Waals surface area contributed by atoms with E-state index < -0.39 is 5.91 Å². The van der Waals surface area contributed by atoms with Crippen LogP contribution in [-0.2, 0) is 4.79 Å². The second kappa shape index (κ2) is 11.2.